The highest BCUT2D eigenvalue weighted by Gasteiger charge is 2.75. The second kappa shape index (κ2) is 9.56. The summed E-state index contributed by atoms with van der Waals surface area (Å²) >= 11 is 0. The number of guanidine groups is 2. The summed E-state index contributed by atoms with van der Waals surface area (Å²) < 4.78 is 5.93. The largest absolute Gasteiger partial charge is 0.492 e. The zero-order valence-electron chi connectivity index (χ0n) is 23.6. The predicted octanol–water partition coefficient (Wildman–Crippen LogP) is -0.0627. The first kappa shape index (κ1) is 27.7. The van der Waals surface area contributed by atoms with E-state index in [4.69, 9.17) is 15.6 Å². The molecular weight excluding hydrogens is 542 g/mol. The van der Waals surface area contributed by atoms with Gasteiger partial charge in [-0.1, -0.05) is 26.0 Å². The number of nitrogens with zero attached hydrogens (tertiary/aromatic N) is 3. The van der Waals surface area contributed by atoms with Gasteiger partial charge in [0.2, 0.25) is 5.96 Å². The highest BCUT2D eigenvalue weighted by Crippen LogP contribution is 2.48. The van der Waals surface area contributed by atoms with Crippen LogP contribution in [0.3, 0.4) is 0 Å². The van der Waals surface area contributed by atoms with E-state index in [1.807, 2.05) is 6.07 Å². The Morgan fingerprint density at radius 3 is 2.60 bits per heavy atom. The van der Waals surface area contributed by atoms with E-state index >= 15 is 0 Å². The van der Waals surface area contributed by atoms with Crippen LogP contribution in [-0.4, -0.2) is 98.1 Å². The van der Waals surface area contributed by atoms with Crippen molar-refractivity contribution in [3.63, 3.8) is 0 Å². The summed E-state index contributed by atoms with van der Waals surface area (Å²) in [5, 5.41) is 52.9. The summed E-state index contributed by atoms with van der Waals surface area (Å²) in [5.74, 6) is -0.842. The van der Waals surface area contributed by atoms with Gasteiger partial charge in [-0.3, -0.25) is 30.6 Å². The molecule has 3 fully saturated rings. The quantitative estimate of drug-likeness (QED) is 0.238. The smallest absolute Gasteiger partial charge is 0.255 e. The van der Waals surface area contributed by atoms with Gasteiger partial charge in [0.15, 0.2) is 11.6 Å². The Kier molecular flexibility index (Phi) is 6.31. The topological polar surface area (TPSA) is 199 Å². The van der Waals surface area contributed by atoms with Crippen LogP contribution in [0.4, 0.5) is 0 Å². The number of fused-ring (bicyclic) bond motifs is 1. The number of hydroxylamine groups is 2. The zero-order valence-corrected chi connectivity index (χ0v) is 23.6. The van der Waals surface area contributed by atoms with E-state index in [-0.39, 0.29) is 36.3 Å². The monoisotopic (exact) mass is 577 g/mol. The molecule has 0 bridgehead atoms. The molecule has 4 aliphatic rings. The van der Waals surface area contributed by atoms with E-state index in [1.54, 1.807) is 24.3 Å². The number of aliphatic hydroxyl groups is 1. The van der Waals surface area contributed by atoms with Crippen LogP contribution in [0.1, 0.15) is 53.5 Å². The molecule has 1 aromatic carbocycles. The van der Waals surface area contributed by atoms with Crippen molar-refractivity contribution in [3.05, 3.63) is 59.4 Å². The van der Waals surface area contributed by atoms with Gasteiger partial charge in [-0.2, -0.15) is 5.06 Å². The molecule has 42 heavy (non-hydrogen) atoms. The molecule has 4 unspecified atom stereocenters. The maximum Gasteiger partial charge on any atom is 0.255 e. The molecule has 14 nitrogen and oxygen atoms in total. The molecule has 1 spiro atoms. The molecule has 0 radical (unpaired) electrons. The van der Waals surface area contributed by atoms with Crippen LogP contribution in [0.15, 0.2) is 42.7 Å². The van der Waals surface area contributed by atoms with Crippen LogP contribution in [0, 0.1) is 10.8 Å². The van der Waals surface area contributed by atoms with E-state index in [9.17, 15) is 19.9 Å². The van der Waals surface area contributed by atoms with Crippen molar-refractivity contribution in [1.29, 1.82) is 10.8 Å². The maximum atomic E-state index is 13.7. The molecule has 1 aromatic heterocycles. The van der Waals surface area contributed by atoms with Crippen molar-refractivity contribution >= 4 is 23.7 Å². The molecule has 14 heteroatoms. The fourth-order valence-corrected chi connectivity index (χ4v) is 6.78. The molecule has 3 saturated heterocycles. The number of hydrogen-bond acceptors (Lipinski definition) is 8. The Bertz CT molecular complexity index is 1460. The van der Waals surface area contributed by atoms with Gasteiger partial charge in [0.05, 0.1) is 30.3 Å². The van der Waals surface area contributed by atoms with E-state index < -0.39 is 35.3 Å². The fourth-order valence-electron chi connectivity index (χ4n) is 6.78. The van der Waals surface area contributed by atoms with Crippen LogP contribution in [0.2, 0.25) is 0 Å². The number of nitrogens with one attached hydrogen (secondary N) is 6. The first-order valence-corrected chi connectivity index (χ1v) is 13.8. The van der Waals surface area contributed by atoms with Gasteiger partial charge in [-0.25, -0.2) is 0 Å². The molecule has 6 rings (SSSR count). The normalized spacial score (nSPS) is 30.7. The molecule has 2 aromatic rings. The molecule has 2 amide bonds. The highest BCUT2D eigenvalue weighted by molar-refractivity contribution is 5.98. The number of carbonyl (C=O) groups excluding carboxylic acids is 2. The number of para-hydroxylation sites is 1. The molecule has 5 atom stereocenters. The van der Waals surface area contributed by atoms with Crippen molar-refractivity contribution in [2.24, 2.45) is 0 Å². The third-order valence-corrected chi connectivity index (χ3v) is 9.15. The Labute approximate surface area is 242 Å². The zero-order chi connectivity index (χ0) is 30.0. The van der Waals surface area contributed by atoms with E-state index in [2.05, 4.69) is 40.1 Å². The molecule has 0 aliphatic carbocycles. The number of aromatic nitrogens is 1. The lowest BCUT2D eigenvalue weighted by Crippen LogP contribution is -2.81. The lowest BCUT2D eigenvalue weighted by molar-refractivity contribution is -0.218. The summed E-state index contributed by atoms with van der Waals surface area (Å²) in [6.45, 7) is 6.11. The molecule has 0 saturated carbocycles. The van der Waals surface area contributed by atoms with Gasteiger partial charge >= 0.3 is 0 Å². The van der Waals surface area contributed by atoms with Gasteiger partial charge in [-0.05, 0) is 37.0 Å². The van der Waals surface area contributed by atoms with Crippen LogP contribution < -0.4 is 26.0 Å². The summed E-state index contributed by atoms with van der Waals surface area (Å²) in [4.78, 5) is 31.8. The number of pyridine rings is 1. The first-order valence-electron chi connectivity index (χ1n) is 13.8. The number of benzene rings is 1. The minimum Gasteiger partial charge on any atom is -0.492 e. The first-order chi connectivity index (χ1) is 19.9. The summed E-state index contributed by atoms with van der Waals surface area (Å²) in [6.07, 6.45) is 3.82. The van der Waals surface area contributed by atoms with Gasteiger partial charge in [0, 0.05) is 36.6 Å². The average molecular weight is 578 g/mol. The molecular formula is C28H35N9O5. The highest BCUT2D eigenvalue weighted by atomic mass is 16.5. The second-order valence-electron chi connectivity index (χ2n) is 12.0. The summed E-state index contributed by atoms with van der Waals surface area (Å²) in [5.41, 5.74) is -2.15. The van der Waals surface area contributed by atoms with Gasteiger partial charge in [0.25, 0.3) is 11.8 Å². The number of hydrogen-bond donors (Lipinski definition) is 8. The van der Waals surface area contributed by atoms with E-state index in [0.29, 0.717) is 28.5 Å². The summed E-state index contributed by atoms with van der Waals surface area (Å²) in [7, 11) is 0. The molecule has 5 heterocycles. The minimum absolute atomic E-state index is 0.00823. The van der Waals surface area contributed by atoms with Crippen molar-refractivity contribution < 1.29 is 24.6 Å². The lowest BCUT2D eigenvalue weighted by atomic mass is 9.77. The third kappa shape index (κ3) is 3.89. The minimum atomic E-state index is -1.88. The number of carbonyl (C=O) groups is 2. The van der Waals surface area contributed by atoms with Gasteiger partial charge < -0.3 is 36.0 Å². The Morgan fingerprint density at radius 2 is 1.86 bits per heavy atom. The fraction of sp³-hybridized carbons (Fsp3) is 0.464. The number of ether oxygens (including phenoxy) is 1. The van der Waals surface area contributed by atoms with Gasteiger partial charge in [0.1, 0.15) is 11.4 Å². The van der Waals surface area contributed by atoms with Crippen LogP contribution in [-0.2, 0) is 5.41 Å². The Hall–Kier alpha value is -4.43. The average Bonchev–Trinajstić information content (AvgIpc) is 3.37. The summed E-state index contributed by atoms with van der Waals surface area (Å²) in [6, 6.07) is 6.01. The number of rotatable bonds is 5. The Morgan fingerprint density at radius 1 is 1.12 bits per heavy atom. The standard InChI is InChI=1S/C28H35N9O5/c1-26(2)9-12-42-20-16(5-4-6-17(20)26)23(39)34-19-14-36-24(29)33-18(13-32-22(38)15-7-10-31-11-8-15)21-28(36,27(19,3)40)37(41)25(30)35-21/h4-8,10-11,18-19,21,40-41H,9,12-14H2,1-3H3,(H2,29,33)(H2,30,35)(H,32,38)(H,34,39)/t18?,19?,21?,27-,28?/m0/s1. The van der Waals surface area contributed by atoms with Crippen molar-refractivity contribution in [1.82, 2.24) is 36.2 Å². The third-order valence-electron chi connectivity index (χ3n) is 9.15. The second-order valence-corrected chi connectivity index (χ2v) is 12.0. The van der Waals surface area contributed by atoms with E-state index in [1.165, 1.54) is 24.2 Å². The number of amides is 2. The van der Waals surface area contributed by atoms with Crippen molar-refractivity contribution in [2.45, 2.75) is 62.0 Å². The van der Waals surface area contributed by atoms with Crippen LogP contribution >= 0.6 is 0 Å². The Balaban J connectivity index is 1.29. The predicted molar refractivity (Wildman–Crippen MR) is 150 cm³/mol. The maximum absolute atomic E-state index is 13.7. The van der Waals surface area contributed by atoms with Crippen LogP contribution in [0.5, 0.6) is 5.75 Å². The molecule has 4 aliphatic heterocycles. The van der Waals surface area contributed by atoms with Crippen molar-refractivity contribution in [3.8, 4) is 5.75 Å². The SMILES string of the molecule is CC1(C)CCOc2c(C(=O)NC3CN4C(=N)NC(CNC(=O)c5ccncc5)C5NC(=N)N(O)C54[C@@]3(C)O)cccc21. The lowest BCUT2D eigenvalue weighted by Gasteiger charge is -2.54. The molecule has 222 valence electrons. The van der Waals surface area contributed by atoms with E-state index in [0.717, 1.165) is 12.0 Å². The van der Waals surface area contributed by atoms with Crippen LogP contribution in [0.25, 0.3) is 0 Å². The molecule has 8 N–H and O–H groups in total. The van der Waals surface area contributed by atoms with Crippen molar-refractivity contribution in [2.75, 3.05) is 19.7 Å². The van der Waals surface area contributed by atoms with Gasteiger partial charge in [-0.15, -0.1) is 0 Å².